The Morgan fingerprint density at radius 2 is 1.34 bits per heavy atom. The first-order valence-corrected chi connectivity index (χ1v) is 19.3. The number of methoxy groups -OCH3 is 1. The van der Waals surface area contributed by atoms with Crippen LogP contribution in [0.25, 0.3) is 21.8 Å². The number of nitrogens with zero attached hydrogens (tertiary/aromatic N) is 3. The standard InChI is InChI=1S/C42H34Cl2N6O8/c1-3-57-40(53)24-14-12-23(13-15-24)38-36-27(25-8-4-6-10-29(25)46-36)17-33(49(38)34(51)18-43)42(55)58-22-48-20-31(45-21-48)39-37-28(26-9-5-7-11-30(26)47-37)16-32(41(54)56-2)50(39)35(52)19-44/h1,4-15,20-21,32-33,38-39,46-47H,16-19,22H2,2H3/p+1. The number of ether oxygens (including phenoxy) is 3. The summed E-state index contributed by atoms with van der Waals surface area (Å²) in [5.41, 5.74) is 6.02. The van der Waals surface area contributed by atoms with Gasteiger partial charge in [-0.25, -0.2) is 23.9 Å². The number of carbonyl (C=O) groups excluding carboxylic acids is 5. The van der Waals surface area contributed by atoms with Crippen molar-refractivity contribution in [1.29, 1.82) is 0 Å². The Morgan fingerprint density at radius 1 is 0.793 bits per heavy atom. The van der Waals surface area contributed by atoms with Crippen molar-refractivity contribution in [2.24, 2.45) is 0 Å². The molecule has 6 aromatic rings. The van der Waals surface area contributed by atoms with Gasteiger partial charge >= 0.3 is 17.9 Å². The van der Waals surface area contributed by atoms with E-state index in [0.717, 1.165) is 32.9 Å². The molecule has 0 aliphatic carbocycles. The number of carbonyl (C=O) groups is 5. The summed E-state index contributed by atoms with van der Waals surface area (Å²) >= 11 is 12.3. The summed E-state index contributed by atoms with van der Waals surface area (Å²) < 4.78 is 17.4. The van der Waals surface area contributed by atoms with Crippen LogP contribution in [0, 0.1) is 12.5 Å². The molecule has 14 nitrogen and oxygen atoms in total. The van der Waals surface area contributed by atoms with E-state index in [1.165, 1.54) is 29.0 Å². The monoisotopic (exact) mass is 821 g/mol. The van der Waals surface area contributed by atoms with Crippen LogP contribution in [-0.2, 0) is 53.0 Å². The fraction of sp³-hybridized carbons (Fsp3) is 0.238. The van der Waals surface area contributed by atoms with Crippen molar-refractivity contribution < 1.29 is 42.8 Å². The second kappa shape index (κ2) is 15.8. The van der Waals surface area contributed by atoms with E-state index in [-0.39, 0.29) is 31.0 Å². The fourth-order valence-electron chi connectivity index (χ4n) is 8.29. The van der Waals surface area contributed by atoms with Gasteiger partial charge in [0.05, 0.1) is 24.4 Å². The van der Waals surface area contributed by atoms with Gasteiger partial charge in [-0.05, 0) is 41.0 Å². The molecule has 3 aromatic carbocycles. The lowest BCUT2D eigenvalue weighted by Gasteiger charge is -2.40. The van der Waals surface area contributed by atoms with Crippen LogP contribution in [0.4, 0.5) is 0 Å². The fourth-order valence-corrected chi connectivity index (χ4v) is 8.56. The Morgan fingerprint density at radius 3 is 1.91 bits per heavy atom. The van der Waals surface area contributed by atoms with E-state index in [0.29, 0.717) is 22.6 Å². The number of H-pyrrole nitrogens is 3. The molecule has 2 aliphatic heterocycles. The molecule has 3 aromatic heterocycles. The molecule has 3 N–H and O–H groups in total. The van der Waals surface area contributed by atoms with Gasteiger partial charge in [0, 0.05) is 40.3 Å². The quantitative estimate of drug-likeness (QED) is 0.0628. The first kappa shape index (κ1) is 38.3. The number of rotatable bonds is 9. The minimum Gasteiger partial charge on any atom is -0.467 e. The molecule has 5 heterocycles. The van der Waals surface area contributed by atoms with Crippen LogP contribution >= 0.6 is 23.2 Å². The molecule has 16 heteroatoms. The van der Waals surface area contributed by atoms with E-state index in [1.54, 1.807) is 29.2 Å². The Kier molecular flexibility index (Phi) is 10.4. The molecule has 4 atom stereocenters. The number of halogens is 2. The van der Waals surface area contributed by atoms with Crippen LogP contribution in [0.3, 0.4) is 0 Å². The third kappa shape index (κ3) is 6.61. The molecule has 2 amide bonds. The van der Waals surface area contributed by atoms with Gasteiger partial charge < -0.3 is 34.0 Å². The first-order valence-electron chi connectivity index (χ1n) is 18.2. The van der Waals surface area contributed by atoms with E-state index in [9.17, 15) is 24.0 Å². The number of aromatic nitrogens is 4. The highest BCUT2D eigenvalue weighted by molar-refractivity contribution is 6.27. The summed E-state index contributed by atoms with van der Waals surface area (Å²) in [5, 5.41) is 1.78. The van der Waals surface area contributed by atoms with Crippen molar-refractivity contribution in [2.45, 2.75) is 43.7 Å². The number of aromatic amines is 3. The van der Waals surface area contributed by atoms with Crippen LogP contribution < -0.4 is 4.57 Å². The number of para-hydroxylation sites is 2. The summed E-state index contributed by atoms with van der Waals surface area (Å²) in [6, 6.07) is 18.0. The molecular weight excluding hydrogens is 787 g/mol. The highest BCUT2D eigenvalue weighted by Gasteiger charge is 2.47. The molecule has 8 rings (SSSR count). The van der Waals surface area contributed by atoms with E-state index in [4.69, 9.17) is 43.8 Å². The maximum Gasteiger partial charge on any atom is 0.352 e. The average Bonchev–Trinajstić information content (AvgIpc) is 3.99. The van der Waals surface area contributed by atoms with Crippen molar-refractivity contribution in [1.82, 2.24) is 24.8 Å². The zero-order valence-corrected chi connectivity index (χ0v) is 32.4. The van der Waals surface area contributed by atoms with Gasteiger partial charge in [-0.2, -0.15) is 0 Å². The topological polar surface area (TPSA) is 171 Å². The summed E-state index contributed by atoms with van der Waals surface area (Å²) in [6.45, 7) is -0.276. The van der Waals surface area contributed by atoms with Crippen molar-refractivity contribution in [2.75, 3.05) is 18.9 Å². The Bertz CT molecular complexity index is 2640. The Hall–Kier alpha value is -6.56. The predicted octanol–water partition coefficient (Wildman–Crippen LogP) is 4.55. The van der Waals surface area contributed by atoms with Crippen molar-refractivity contribution in [3.63, 3.8) is 0 Å². The van der Waals surface area contributed by atoms with Crippen molar-refractivity contribution in [3.8, 4) is 12.5 Å². The van der Waals surface area contributed by atoms with Gasteiger partial charge in [0.15, 0.2) is 5.69 Å². The Balaban J connectivity index is 1.12. The van der Waals surface area contributed by atoms with Crippen LogP contribution in [-0.4, -0.2) is 85.4 Å². The van der Waals surface area contributed by atoms with E-state index in [2.05, 4.69) is 15.0 Å². The third-order valence-electron chi connectivity index (χ3n) is 10.8. The number of terminal acetylenes is 1. The summed E-state index contributed by atoms with van der Waals surface area (Å²) in [7, 11) is 1.27. The number of imidazole rings is 1. The van der Waals surface area contributed by atoms with Gasteiger partial charge in [-0.1, -0.05) is 55.0 Å². The molecule has 58 heavy (non-hydrogen) atoms. The number of hydrogen-bond acceptors (Lipinski definition) is 8. The molecule has 4 unspecified atom stereocenters. The van der Waals surface area contributed by atoms with Crippen LogP contribution in [0.15, 0.2) is 85.3 Å². The molecule has 0 saturated carbocycles. The lowest BCUT2D eigenvalue weighted by molar-refractivity contribution is -0.726. The van der Waals surface area contributed by atoms with Crippen LogP contribution in [0.2, 0.25) is 0 Å². The molecular formula is C42H35Cl2N6O8+. The zero-order valence-electron chi connectivity index (χ0n) is 30.9. The van der Waals surface area contributed by atoms with Crippen molar-refractivity contribution >= 4 is 74.7 Å². The van der Waals surface area contributed by atoms with E-state index < -0.39 is 59.8 Å². The highest BCUT2D eigenvalue weighted by atomic mass is 35.5. The predicted molar refractivity (Wildman–Crippen MR) is 210 cm³/mol. The number of amides is 2. The summed E-state index contributed by atoms with van der Waals surface area (Å²) in [6.07, 6.45) is 10.6. The SMILES string of the molecule is C#COC(=O)c1ccc(C2c3[nH]c4ccccc4c3CC(C(=O)OC[n+]3c[nH]c(C4c5[nH]c6ccccc6c5CC(C(=O)OC)N4C(=O)CCl)c3)N2C(=O)CCl)cc1. The number of alkyl halides is 2. The molecule has 0 bridgehead atoms. The Labute approximate surface area is 340 Å². The minimum absolute atomic E-state index is 0.128. The molecule has 294 valence electrons. The van der Waals surface area contributed by atoms with E-state index in [1.807, 2.05) is 54.6 Å². The average molecular weight is 823 g/mol. The molecule has 0 radical (unpaired) electrons. The lowest BCUT2D eigenvalue weighted by Crippen LogP contribution is -2.53. The molecule has 0 saturated heterocycles. The van der Waals surface area contributed by atoms with Gasteiger partial charge in [-0.3, -0.25) is 9.59 Å². The third-order valence-corrected chi connectivity index (χ3v) is 11.2. The highest BCUT2D eigenvalue weighted by Crippen LogP contribution is 2.43. The second-order valence-corrected chi connectivity index (χ2v) is 14.4. The number of hydrogen-bond donors (Lipinski definition) is 3. The zero-order chi connectivity index (χ0) is 40.7. The van der Waals surface area contributed by atoms with Gasteiger partial charge in [0.1, 0.15) is 42.2 Å². The summed E-state index contributed by atoms with van der Waals surface area (Å²) in [4.78, 5) is 79.9. The largest absolute Gasteiger partial charge is 0.467 e. The number of esters is 3. The van der Waals surface area contributed by atoms with Gasteiger partial charge in [0.2, 0.25) is 24.9 Å². The van der Waals surface area contributed by atoms with E-state index >= 15 is 0 Å². The number of nitrogens with one attached hydrogen (secondary N) is 3. The summed E-state index contributed by atoms with van der Waals surface area (Å²) in [5.74, 6) is -3.77. The maximum atomic E-state index is 14.3. The normalized spacial score (nSPS) is 18.6. The van der Waals surface area contributed by atoms with Crippen LogP contribution in [0.1, 0.15) is 56.2 Å². The first-order chi connectivity index (χ1) is 28.2. The molecule has 2 aliphatic rings. The van der Waals surface area contributed by atoms with Crippen LogP contribution in [0.5, 0.6) is 0 Å². The van der Waals surface area contributed by atoms with Gasteiger partial charge in [-0.15, -0.1) is 23.2 Å². The lowest BCUT2D eigenvalue weighted by atomic mass is 9.87. The van der Waals surface area contributed by atoms with Gasteiger partial charge in [0.25, 0.3) is 0 Å². The minimum atomic E-state index is -1.10. The maximum absolute atomic E-state index is 14.3. The number of fused-ring (bicyclic) bond motifs is 6. The number of benzene rings is 3. The second-order valence-electron chi connectivity index (χ2n) is 13.9. The molecule has 0 spiro atoms. The molecule has 0 fully saturated rings. The smallest absolute Gasteiger partial charge is 0.352 e. The van der Waals surface area contributed by atoms with Crippen molar-refractivity contribution in [3.05, 3.63) is 125 Å².